The van der Waals surface area contributed by atoms with E-state index in [1.54, 1.807) is 18.2 Å². The predicted octanol–water partition coefficient (Wildman–Crippen LogP) is 2.13. The summed E-state index contributed by atoms with van der Waals surface area (Å²) in [6.07, 6.45) is -4.61. The van der Waals surface area contributed by atoms with Crippen molar-refractivity contribution in [1.29, 1.82) is 0 Å². The van der Waals surface area contributed by atoms with Gasteiger partial charge in [0.15, 0.2) is 0 Å². The Morgan fingerprint density at radius 1 is 1.22 bits per heavy atom. The van der Waals surface area contributed by atoms with Crippen molar-refractivity contribution in [3.8, 4) is 0 Å². The summed E-state index contributed by atoms with van der Waals surface area (Å²) in [7, 11) is 0. The van der Waals surface area contributed by atoms with Crippen LogP contribution in [-0.2, 0) is 9.59 Å². The van der Waals surface area contributed by atoms with Gasteiger partial charge in [0.1, 0.15) is 5.92 Å². The van der Waals surface area contributed by atoms with Crippen molar-refractivity contribution < 1.29 is 27.9 Å². The van der Waals surface area contributed by atoms with Crippen molar-refractivity contribution in [3.05, 3.63) is 47.2 Å². The fourth-order valence-electron chi connectivity index (χ4n) is 3.01. The summed E-state index contributed by atoms with van der Waals surface area (Å²) in [5, 5.41) is 11.7. The van der Waals surface area contributed by atoms with Crippen LogP contribution in [0, 0.1) is 0 Å². The number of benzene rings is 1. The molecule has 3 rings (SSSR count). The molecule has 0 aromatic heterocycles. The minimum atomic E-state index is -4.69. The van der Waals surface area contributed by atoms with Gasteiger partial charge in [-0.2, -0.15) is 13.2 Å². The highest BCUT2D eigenvalue weighted by atomic mass is 19.4. The zero-order valence-electron chi connectivity index (χ0n) is 11.9. The van der Waals surface area contributed by atoms with E-state index in [1.807, 2.05) is 0 Å². The van der Waals surface area contributed by atoms with E-state index in [0.29, 0.717) is 0 Å². The largest absolute Gasteiger partial charge is 0.480 e. The van der Waals surface area contributed by atoms with Gasteiger partial charge in [0.25, 0.3) is 0 Å². The van der Waals surface area contributed by atoms with Crippen molar-refractivity contribution in [2.24, 2.45) is 0 Å². The second-order valence-electron chi connectivity index (χ2n) is 5.39. The van der Waals surface area contributed by atoms with Gasteiger partial charge in [-0.25, -0.2) is 10.0 Å². The number of aliphatic carboxylic acids is 1. The number of fused-ring (bicyclic) bond motifs is 1. The molecule has 0 saturated carbocycles. The number of amides is 1. The number of hydrogen-bond acceptors (Lipinski definition) is 3. The van der Waals surface area contributed by atoms with Crippen LogP contribution in [0.25, 0.3) is 0 Å². The van der Waals surface area contributed by atoms with Crippen LogP contribution in [0.15, 0.2) is 41.6 Å². The third kappa shape index (κ3) is 2.59. The highest BCUT2D eigenvalue weighted by molar-refractivity contribution is 5.86. The molecule has 1 aromatic rings. The Labute approximate surface area is 129 Å². The van der Waals surface area contributed by atoms with Gasteiger partial charge >= 0.3 is 12.1 Å². The van der Waals surface area contributed by atoms with Gasteiger partial charge in [0.2, 0.25) is 5.91 Å². The summed E-state index contributed by atoms with van der Waals surface area (Å²) in [4.78, 5) is 23.7. The lowest BCUT2D eigenvalue weighted by molar-refractivity contribution is -0.139. The Balaban J connectivity index is 2.17. The van der Waals surface area contributed by atoms with Crippen LogP contribution in [0.2, 0.25) is 0 Å². The molecule has 1 fully saturated rings. The number of carbonyl (C=O) groups excluding carboxylic acids is 1. The summed E-state index contributed by atoms with van der Waals surface area (Å²) in [6.45, 7) is -0.343. The van der Waals surface area contributed by atoms with Crippen LogP contribution < -0.4 is 0 Å². The number of carboxylic acid groups (broad SMARTS) is 1. The maximum absolute atomic E-state index is 13.4. The number of nitrogens with zero attached hydrogens (tertiary/aromatic N) is 2. The van der Waals surface area contributed by atoms with E-state index in [0.717, 1.165) is 5.01 Å². The topological polar surface area (TPSA) is 60.9 Å². The molecule has 1 aromatic carbocycles. The Morgan fingerprint density at radius 3 is 2.43 bits per heavy atom. The summed E-state index contributed by atoms with van der Waals surface area (Å²) in [5.74, 6) is -3.48. The number of alkyl halides is 3. The zero-order valence-corrected chi connectivity index (χ0v) is 11.9. The maximum atomic E-state index is 13.4. The highest BCUT2D eigenvalue weighted by Gasteiger charge is 2.51. The second kappa shape index (κ2) is 5.38. The SMILES string of the molecule is O=C(O)C(C1=C(C(F)(F)F)CN2CCC(=O)N12)c1ccccc1. The molecule has 2 heterocycles. The van der Waals surface area contributed by atoms with Crippen LogP contribution in [0.4, 0.5) is 13.2 Å². The van der Waals surface area contributed by atoms with Crippen LogP contribution in [0.3, 0.4) is 0 Å². The lowest BCUT2D eigenvalue weighted by atomic mass is 9.92. The first-order valence-electron chi connectivity index (χ1n) is 6.96. The molecule has 1 unspecified atom stereocenters. The van der Waals surface area contributed by atoms with E-state index >= 15 is 0 Å². The molecule has 1 saturated heterocycles. The van der Waals surface area contributed by atoms with Crippen LogP contribution in [-0.4, -0.2) is 46.3 Å². The number of hydrazine groups is 1. The van der Waals surface area contributed by atoms with Crippen molar-refractivity contribution in [3.63, 3.8) is 0 Å². The van der Waals surface area contributed by atoms with Gasteiger partial charge in [-0.05, 0) is 5.56 Å². The molecule has 2 aliphatic heterocycles. The minimum absolute atomic E-state index is 0.0791. The summed E-state index contributed by atoms with van der Waals surface area (Å²) >= 11 is 0. The molecular weight excluding hydrogens is 313 g/mol. The van der Waals surface area contributed by atoms with Crippen LogP contribution >= 0.6 is 0 Å². The van der Waals surface area contributed by atoms with Crippen molar-refractivity contribution >= 4 is 11.9 Å². The van der Waals surface area contributed by atoms with E-state index in [2.05, 4.69) is 0 Å². The summed E-state index contributed by atoms with van der Waals surface area (Å²) in [6, 6.07) is 7.64. The van der Waals surface area contributed by atoms with E-state index in [1.165, 1.54) is 17.1 Å². The lowest BCUT2D eigenvalue weighted by Gasteiger charge is -2.26. The average molecular weight is 326 g/mol. The molecule has 0 spiro atoms. The first kappa shape index (κ1) is 15.5. The Bertz CT molecular complexity index is 685. The van der Waals surface area contributed by atoms with E-state index in [-0.39, 0.29) is 18.5 Å². The van der Waals surface area contributed by atoms with Crippen LogP contribution in [0.5, 0.6) is 0 Å². The normalized spacial score (nSPS) is 20.1. The first-order chi connectivity index (χ1) is 10.8. The Kier molecular flexibility index (Phi) is 3.63. The smallest absolute Gasteiger partial charge is 0.415 e. The highest BCUT2D eigenvalue weighted by Crippen LogP contribution is 2.44. The summed E-state index contributed by atoms with van der Waals surface area (Å²) < 4.78 is 40.1. The summed E-state index contributed by atoms with van der Waals surface area (Å²) in [5.41, 5.74) is -1.25. The molecule has 5 nitrogen and oxygen atoms in total. The molecule has 0 bridgehead atoms. The number of carboxylic acids is 1. The van der Waals surface area contributed by atoms with Gasteiger partial charge in [0.05, 0.1) is 17.8 Å². The van der Waals surface area contributed by atoms with Gasteiger partial charge in [-0.15, -0.1) is 0 Å². The first-order valence-corrected chi connectivity index (χ1v) is 6.96. The molecular formula is C15H13F3N2O3. The van der Waals surface area contributed by atoms with Gasteiger partial charge in [0, 0.05) is 13.0 Å². The Hall–Kier alpha value is -2.35. The molecule has 0 radical (unpaired) electrons. The lowest BCUT2D eigenvalue weighted by Crippen LogP contribution is -2.36. The van der Waals surface area contributed by atoms with Crippen molar-refractivity contribution in [2.45, 2.75) is 18.5 Å². The van der Waals surface area contributed by atoms with Crippen molar-refractivity contribution in [1.82, 2.24) is 10.0 Å². The predicted molar refractivity (Wildman–Crippen MR) is 72.9 cm³/mol. The van der Waals surface area contributed by atoms with E-state index < -0.39 is 41.8 Å². The van der Waals surface area contributed by atoms with E-state index in [9.17, 15) is 27.9 Å². The molecule has 23 heavy (non-hydrogen) atoms. The fourth-order valence-corrected chi connectivity index (χ4v) is 3.01. The molecule has 1 N–H and O–H groups in total. The van der Waals surface area contributed by atoms with Gasteiger partial charge in [-0.1, -0.05) is 30.3 Å². The number of hydrogen-bond donors (Lipinski definition) is 1. The van der Waals surface area contributed by atoms with Gasteiger partial charge < -0.3 is 5.11 Å². The average Bonchev–Trinajstić information content (AvgIpc) is 3.01. The minimum Gasteiger partial charge on any atom is -0.480 e. The molecule has 122 valence electrons. The molecule has 0 aliphatic carbocycles. The fraction of sp³-hybridized carbons (Fsp3) is 0.333. The molecule has 1 amide bonds. The second-order valence-corrected chi connectivity index (χ2v) is 5.39. The number of carbonyl (C=O) groups is 2. The zero-order chi connectivity index (χ0) is 16.8. The molecule has 8 heteroatoms. The van der Waals surface area contributed by atoms with Crippen molar-refractivity contribution in [2.75, 3.05) is 13.1 Å². The van der Waals surface area contributed by atoms with Gasteiger partial charge in [-0.3, -0.25) is 9.59 Å². The maximum Gasteiger partial charge on any atom is 0.415 e. The molecule has 2 aliphatic rings. The third-order valence-electron chi connectivity index (χ3n) is 3.98. The van der Waals surface area contributed by atoms with Crippen LogP contribution in [0.1, 0.15) is 17.9 Å². The third-order valence-corrected chi connectivity index (χ3v) is 3.98. The Morgan fingerprint density at radius 2 is 1.87 bits per heavy atom. The molecule has 1 atom stereocenters. The standard InChI is InChI=1S/C15H13F3N2O3/c16-15(17,18)10-8-19-7-6-11(21)20(19)13(10)12(14(22)23)9-4-2-1-3-5-9/h1-5,12H,6-8H2,(H,22,23). The van der Waals surface area contributed by atoms with E-state index in [4.69, 9.17) is 0 Å². The monoisotopic (exact) mass is 326 g/mol. The number of rotatable bonds is 3. The number of halogens is 3. The quantitative estimate of drug-likeness (QED) is 0.924.